The van der Waals surface area contributed by atoms with E-state index in [1.54, 1.807) is 0 Å². The largest absolute Gasteiger partial charge is 0.260 e. The fourth-order valence-electron chi connectivity index (χ4n) is 4.17. The maximum absolute atomic E-state index is 4.81. The van der Waals surface area contributed by atoms with Crippen molar-refractivity contribution in [1.82, 2.24) is 4.98 Å². The smallest absolute Gasteiger partial charge is 0.0475 e. The molecule has 1 aliphatic carbocycles. The van der Waals surface area contributed by atoms with E-state index in [1.165, 1.54) is 33.4 Å². The zero-order chi connectivity index (χ0) is 22.9. The Kier molecular flexibility index (Phi) is 5.95. The van der Waals surface area contributed by atoms with Crippen LogP contribution in [0.5, 0.6) is 0 Å². The molecule has 0 radical (unpaired) electrons. The Hall–Kier alpha value is -2.93. The second-order valence-corrected chi connectivity index (χ2v) is 11.0. The van der Waals surface area contributed by atoms with E-state index in [0.29, 0.717) is 5.92 Å². The summed E-state index contributed by atoms with van der Waals surface area (Å²) in [7, 11) is 0. The topological polar surface area (TPSA) is 12.9 Å². The zero-order valence-electron chi connectivity index (χ0n) is 20.3. The molecule has 32 heavy (non-hydrogen) atoms. The molecular weight excluding hydrogens is 386 g/mol. The quantitative estimate of drug-likeness (QED) is 0.413. The van der Waals surface area contributed by atoms with Gasteiger partial charge in [-0.15, -0.1) is 0 Å². The van der Waals surface area contributed by atoms with Gasteiger partial charge in [-0.2, -0.15) is 0 Å². The summed E-state index contributed by atoms with van der Waals surface area (Å²) in [6.07, 6.45) is 9.89. The van der Waals surface area contributed by atoms with E-state index in [9.17, 15) is 0 Å². The lowest BCUT2D eigenvalue weighted by Crippen LogP contribution is -2.10. The first-order valence-corrected chi connectivity index (χ1v) is 11.7. The van der Waals surface area contributed by atoms with Gasteiger partial charge < -0.3 is 0 Å². The average molecular weight is 422 g/mol. The molecule has 0 saturated carbocycles. The van der Waals surface area contributed by atoms with Gasteiger partial charge in [0.25, 0.3) is 0 Å². The molecule has 1 unspecified atom stereocenters. The molecule has 0 aliphatic heterocycles. The first-order valence-electron chi connectivity index (χ1n) is 11.7. The minimum atomic E-state index is 0.176. The molecule has 0 amide bonds. The van der Waals surface area contributed by atoms with Crippen LogP contribution in [0, 0.1) is 0 Å². The van der Waals surface area contributed by atoms with Gasteiger partial charge in [0.1, 0.15) is 0 Å². The molecule has 0 bridgehead atoms. The summed E-state index contributed by atoms with van der Waals surface area (Å²) in [5.74, 6) is 0.338. The highest BCUT2D eigenvalue weighted by Crippen LogP contribution is 2.32. The molecule has 0 N–H and O–H groups in total. The van der Waals surface area contributed by atoms with Crippen LogP contribution in [0.3, 0.4) is 0 Å². The van der Waals surface area contributed by atoms with Gasteiger partial charge in [-0.3, -0.25) is 4.98 Å². The summed E-state index contributed by atoms with van der Waals surface area (Å²) in [5.41, 5.74) is 9.20. The predicted molar refractivity (Wildman–Crippen MR) is 138 cm³/mol. The molecule has 1 heterocycles. The third-order valence-electron chi connectivity index (χ3n) is 6.43. The van der Waals surface area contributed by atoms with Crippen molar-refractivity contribution in [3.8, 4) is 11.1 Å². The standard InChI is InChI=1S/C31H35N/c1-30(2,3)27-16-11-23(12-17-27)22-7-9-25(10-8-22)29-20-15-26(21-32-29)24-13-18-28(19-14-24)31(4,5)6/h7-9,11-21,25H,10H2,1-6H3. The van der Waals surface area contributed by atoms with Crippen molar-refractivity contribution in [3.05, 3.63) is 107 Å². The minimum Gasteiger partial charge on any atom is -0.260 e. The normalized spacial score (nSPS) is 16.7. The Labute approximate surface area is 193 Å². The monoisotopic (exact) mass is 421 g/mol. The molecule has 1 aromatic heterocycles. The van der Waals surface area contributed by atoms with Crippen LogP contribution in [-0.2, 0) is 10.8 Å². The Morgan fingerprint density at radius 3 is 1.62 bits per heavy atom. The maximum atomic E-state index is 4.81. The molecule has 1 heteroatoms. The molecule has 0 spiro atoms. The van der Waals surface area contributed by atoms with Gasteiger partial charge in [-0.05, 0) is 51.1 Å². The highest BCUT2D eigenvalue weighted by Gasteiger charge is 2.16. The summed E-state index contributed by atoms with van der Waals surface area (Å²) in [6, 6.07) is 22.3. The van der Waals surface area contributed by atoms with Gasteiger partial charge in [0, 0.05) is 23.4 Å². The summed E-state index contributed by atoms with van der Waals surface area (Å²) < 4.78 is 0. The number of hydrogen-bond donors (Lipinski definition) is 0. The van der Waals surface area contributed by atoms with E-state index < -0.39 is 0 Å². The SMILES string of the molecule is CC(C)(C)c1ccc(C2=CCC(c3ccc(-c4ccc(C(C)(C)C)cc4)cn3)C=C2)cc1. The van der Waals surface area contributed by atoms with Crippen LogP contribution >= 0.6 is 0 Å². The Morgan fingerprint density at radius 1 is 0.656 bits per heavy atom. The number of aromatic nitrogens is 1. The van der Waals surface area contributed by atoms with Crippen molar-refractivity contribution < 1.29 is 0 Å². The summed E-state index contributed by atoms with van der Waals surface area (Å²) in [4.78, 5) is 4.81. The Balaban J connectivity index is 1.44. The second-order valence-electron chi connectivity index (χ2n) is 11.0. The van der Waals surface area contributed by atoms with Crippen molar-refractivity contribution in [3.63, 3.8) is 0 Å². The van der Waals surface area contributed by atoms with Gasteiger partial charge in [0.05, 0.1) is 0 Å². The highest BCUT2D eigenvalue weighted by molar-refractivity contribution is 5.75. The zero-order valence-corrected chi connectivity index (χ0v) is 20.3. The van der Waals surface area contributed by atoms with Crippen LogP contribution in [-0.4, -0.2) is 4.98 Å². The van der Waals surface area contributed by atoms with Crippen molar-refractivity contribution >= 4 is 5.57 Å². The molecule has 1 aliphatic rings. The first kappa shape index (κ1) is 22.3. The highest BCUT2D eigenvalue weighted by atomic mass is 14.7. The van der Waals surface area contributed by atoms with E-state index in [4.69, 9.17) is 4.98 Å². The molecule has 164 valence electrons. The lowest BCUT2D eigenvalue weighted by molar-refractivity contribution is 0.590. The fraction of sp³-hybridized carbons (Fsp3) is 0.323. The summed E-state index contributed by atoms with van der Waals surface area (Å²) >= 11 is 0. The van der Waals surface area contributed by atoms with E-state index in [-0.39, 0.29) is 10.8 Å². The third kappa shape index (κ3) is 4.93. The van der Waals surface area contributed by atoms with Gasteiger partial charge in [-0.1, -0.05) is 114 Å². The van der Waals surface area contributed by atoms with Gasteiger partial charge in [-0.25, -0.2) is 0 Å². The van der Waals surface area contributed by atoms with Crippen molar-refractivity contribution in [2.75, 3.05) is 0 Å². The number of pyridine rings is 1. The van der Waals surface area contributed by atoms with E-state index in [1.807, 2.05) is 6.20 Å². The summed E-state index contributed by atoms with van der Waals surface area (Å²) in [6.45, 7) is 13.5. The molecule has 0 saturated heterocycles. The molecule has 4 rings (SSSR count). The fourth-order valence-corrected chi connectivity index (χ4v) is 4.17. The van der Waals surface area contributed by atoms with E-state index in [0.717, 1.165) is 12.1 Å². The van der Waals surface area contributed by atoms with Crippen molar-refractivity contribution in [1.29, 1.82) is 0 Å². The summed E-state index contributed by atoms with van der Waals surface area (Å²) in [5, 5.41) is 0. The van der Waals surface area contributed by atoms with Crippen molar-refractivity contribution in [2.24, 2.45) is 0 Å². The molecule has 0 fully saturated rings. The molecule has 1 nitrogen and oxygen atoms in total. The average Bonchev–Trinajstić information content (AvgIpc) is 2.78. The number of nitrogens with zero attached hydrogens (tertiary/aromatic N) is 1. The lowest BCUT2D eigenvalue weighted by Gasteiger charge is -2.20. The second kappa shape index (κ2) is 8.54. The Bertz CT molecular complexity index is 1110. The van der Waals surface area contributed by atoms with Gasteiger partial charge in [0.15, 0.2) is 0 Å². The van der Waals surface area contributed by atoms with Crippen LogP contribution in [0.25, 0.3) is 16.7 Å². The number of rotatable bonds is 3. The molecule has 2 aromatic carbocycles. The third-order valence-corrected chi connectivity index (χ3v) is 6.43. The maximum Gasteiger partial charge on any atom is 0.0475 e. The minimum absolute atomic E-state index is 0.176. The molecule has 3 aromatic rings. The number of hydrogen-bond acceptors (Lipinski definition) is 1. The Morgan fingerprint density at radius 2 is 1.19 bits per heavy atom. The number of allylic oxidation sites excluding steroid dienone is 4. The van der Waals surface area contributed by atoms with Crippen LogP contribution in [0.15, 0.2) is 85.1 Å². The van der Waals surface area contributed by atoms with Crippen LogP contribution in [0.2, 0.25) is 0 Å². The van der Waals surface area contributed by atoms with Gasteiger partial charge in [0.2, 0.25) is 0 Å². The van der Waals surface area contributed by atoms with E-state index >= 15 is 0 Å². The van der Waals surface area contributed by atoms with Crippen LogP contribution < -0.4 is 0 Å². The molecule has 1 atom stereocenters. The lowest BCUT2D eigenvalue weighted by atomic mass is 9.85. The van der Waals surface area contributed by atoms with Gasteiger partial charge >= 0.3 is 0 Å². The number of benzene rings is 2. The molecular formula is C31H35N. The predicted octanol–water partition coefficient (Wildman–Crippen LogP) is 8.47. The van der Waals surface area contributed by atoms with Crippen LogP contribution in [0.4, 0.5) is 0 Å². The van der Waals surface area contributed by atoms with Crippen molar-refractivity contribution in [2.45, 2.75) is 64.7 Å². The first-order chi connectivity index (χ1) is 15.1. The van der Waals surface area contributed by atoms with Crippen LogP contribution in [0.1, 0.15) is 76.3 Å². The van der Waals surface area contributed by atoms with E-state index in [2.05, 4.69) is 120 Å².